The first kappa shape index (κ1) is 24.4. The van der Waals surface area contributed by atoms with Crippen molar-refractivity contribution in [1.82, 2.24) is 19.8 Å². The molecule has 0 aliphatic carbocycles. The van der Waals surface area contributed by atoms with E-state index in [2.05, 4.69) is 9.97 Å². The molecule has 0 atom stereocenters. The van der Waals surface area contributed by atoms with Crippen LogP contribution in [0.15, 0.2) is 36.7 Å². The Balaban J connectivity index is 0.00000289. The number of hydrogen-bond donors (Lipinski definition) is 1. The molecule has 1 N–H and O–H groups in total. The van der Waals surface area contributed by atoms with Crippen molar-refractivity contribution in [2.45, 2.75) is 32.5 Å². The Morgan fingerprint density at radius 1 is 1.34 bits per heavy atom. The second-order valence-electron chi connectivity index (χ2n) is 7.53. The van der Waals surface area contributed by atoms with Crippen LogP contribution in [0.2, 0.25) is 0 Å². The molecule has 169 valence electrons. The summed E-state index contributed by atoms with van der Waals surface area (Å²) in [6, 6.07) is 5.33. The van der Waals surface area contributed by atoms with Crippen LogP contribution < -0.4 is 4.90 Å². The van der Waals surface area contributed by atoms with Crippen LogP contribution in [-0.4, -0.2) is 38.8 Å². The van der Waals surface area contributed by atoms with Crippen LogP contribution in [0.4, 0.5) is 19.0 Å². The van der Waals surface area contributed by atoms with Gasteiger partial charge in [-0.3, -0.25) is 4.79 Å². The molecule has 3 heterocycles. The number of carbonyl (C=O) groups excluding carboxylic acids is 1. The van der Waals surface area contributed by atoms with E-state index in [-0.39, 0.29) is 35.8 Å². The third kappa shape index (κ3) is 4.90. The van der Waals surface area contributed by atoms with Crippen molar-refractivity contribution in [3.05, 3.63) is 72.6 Å². The van der Waals surface area contributed by atoms with E-state index in [1.807, 2.05) is 18.0 Å². The number of imidazole rings is 1. The van der Waals surface area contributed by atoms with Crippen molar-refractivity contribution >= 4 is 17.3 Å². The van der Waals surface area contributed by atoms with Gasteiger partial charge in [0, 0.05) is 54.8 Å². The number of nitrogens with zero attached hydrogens (tertiary/aromatic N) is 4. The number of halogens is 3. The SMILES string of the molecule is [CH-]=CN1[CH-]N(CCC)C(=O)c2[nH]c(C3=CN(Cc4cccc(C(F)(F)F)c4)CC3)nc21.[Np]. The molecular formula is C22H22F3N5NpO-2. The number of fused-ring (bicyclic) bond motifs is 1. The Morgan fingerprint density at radius 2 is 2.12 bits per heavy atom. The third-order valence-electron chi connectivity index (χ3n) is 5.24. The van der Waals surface area contributed by atoms with E-state index in [1.165, 1.54) is 18.3 Å². The number of rotatable bonds is 6. The first-order valence-corrected chi connectivity index (χ1v) is 10.0. The molecular weight excluding hydrogens is 644 g/mol. The second kappa shape index (κ2) is 9.73. The van der Waals surface area contributed by atoms with Crippen LogP contribution in [0.25, 0.3) is 5.57 Å². The topological polar surface area (TPSA) is 55.5 Å². The van der Waals surface area contributed by atoms with Crippen molar-refractivity contribution in [2.75, 3.05) is 18.0 Å². The molecule has 1 radical (unpaired) electrons. The Labute approximate surface area is 207 Å². The number of aromatic nitrogens is 2. The third-order valence-corrected chi connectivity index (χ3v) is 5.24. The van der Waals surface area contributed by atoms with E-state index in [4.69, 9.17) is 6.58 Å². The van der Waals surface area contributed by atoms with Gasteiger partial charge in [-0.1, -0.05) is 19.1 Å². The summed E-state index contributed by atoms with van der Waals surface area (Å²) in [7, 11) is 0. The van der Waals surface area contributed by atoms with Gasteiger partial charge in [0.15, 0.2) is 0 Å². The number of aromatic amines is 1. The van der Waals surface area contributed by atoms with Gasteiger partial charge in [0.1, 0.15) is 17.3 Å². The van der Waals surface area contributed by atoms with Gasteiger partial charge >= 0.3 is 6.18 Å². The van der Waals surface area contributed by atoms with E-state index < -0.39 is 11.7 Å². The minimum absolute atomic E-state index is 0. The van der Waals surface area contributed by atoms with Gasteiger partial charge < -0.3 is 26.3 Å². The fraction of sp³-hybridized carbons (Fsp3) is 0.318. The number of carbonyl (C=O) groups is 1. The summed E-state index contributed by atoms with van der Waals surface area (Å²) in [4.78, 5) is 25.5. The van der Waals surface area contributed by atoms with E-state index in [0.29, 0.717) is 49.0 Å². The fourth-order valence-electron chi connectivity index (χ4n) is 3.76. The normalized spacial score (nSPS) is 16.1. The largest absolute Gasteiger partial charge is 0.499 e. The summed E-state index contributed by atoms with van der Waals surface area (Å²) >= 11 is 0. The molecule has 0 spiro atoms. The van der Waals surface area contributed by atoms with Gasteiger partial charge in [-0.2, -0.15) is 13.2 Å². The average Bonchev–Trinajstić information content (AvgIpc) is 3.37. The number of H-pyrrole nitrogens is 1. The maximum atomic E-state index is 13.0. The molecule has 0 bridgehead atoms. The summed E-state index contributed by atoms with van der Waals surface area (Å²) in [5.41, 5.74) is 1.17. The Morgan fingerprint density at radius 3 is 2.81 bits per heavy atom. The van der Waals surface area contributed by atoms with E-state index in [1.54, 1.807) is 22.5 Å². The molecule has 0 fully saturated rings. The molecule has 0 unspecified atom stereocenters. The Bertz CT molecular complexity index is 1030. The average molecular weight is 666 g/mol. The maximum Gasteiger partial charge on any atom is 0.416 e. The minimum Gasteiger partial charge on any atom is -0.499 e. The molecule has 6 nitrogen and oxygen atoms in total. The van der Waals surface area contributed by atoms with Crippen molar-refractivity contribution in [3.8, 4) is 0 Å². The molecule has 4 rings (SSSR count). The van der Waals surface area contributed by atoms with Crippen molar-refractivity contribution in [2.24, 2.45) is 0 Å². The Hall–Kier alpha value is -2.22. The van der Waals surface area contributed by atoms with Crippen LogP contribution >= 0.6 is 0 Å². The number of hydrogen-bond acceptors (Lipinski definition) is 4. The number of benzene rings is 1. The van der Waals surface area contributed by atoms with Crippen LogP contribution in [0, 0.1) is 43.2 Å². The van der Waals surface area contributed by atoms with Crippen LogP contribution in [-0.2, 0) is 12.7 Å². The van der Waals surface area contributed by atoms with Gasteiger partial charge in [-0.15, -0.1) is 6.67 Å². The standard InChI is InChI=1S/C22H22F3N5O.Np/c1-3-9-30-14-29(4-2)20-18(21(30)31)26-19(27-20)16-8-10-28(13-16)12-15-6-5-7-17(11-15)22(23,24)25;/h2,4-7,11,13-14H,3,8-10,12H2,1H3,(H,26,27);/q-2;. The van der Waals surface area contributed by atoms with Gasteiger partial charge in [0.2, 0.25) is 5.91 Å². The quantitative estimate of drug-likeness (QED) is 0.465. The smallest absolute Gasteiger partial charge is 0.416 e. The summed E-state index contributed by atoms with van der Waals surface area (Å²) in [5.74, 6) is 0.823. The summed E-state index contributed by atoms with van der Waals surface area (Å²) in [6.45, 7) is 10.9. The number of amides is 1. The van der Waals surface area contributed by atoms with E-state index in [9.17, 15) is 18.0 Å². The number of alkyl halides is 3. The van der Waals surface area contributed by atoms with Gasteiger partial charge in [-0.05, 0) is 37.1 Å². The zero-order valence-electron chi connectivity index (χ0n) is 17.4. The van der Waals surface area contributed by atoms with Gasteiger partial charge in [0.05, 0.1) is 5.56 Å². The van der Waals surface area contributed by atoms with E-state index in [0.717, 1.165) is 18.1 Å². The van der Waals surface area contributed by atoms with E-state index >= 15 is 0 Å². The first-order valence-electron chi connectivity index (χ1n) is 10.0. The molecule has 2 aromatic rings. The predicted molar refractivity (Wildman–Crippen MR) is 110 cm³/mol. The monoisotopic (exact) mass is 665 g/mol. The second-order valence-corrected chi connectivity index (χ2v) is 7.53. The van der Waals surface area contributed by atoms with Gasteiger partial charge in [0.25, 0.3) is 0 Å². The van der Waals surface area contributed by atoms with Crippen LogP contribution in [0.5, 0.6) is 0 Å². The van der Waals surface area contributed by atoms with Crippen molar-refractivity contribution in [1.29, 1.82) is 0 Å². The number of anilines is 1. The fourth-order valence-corrected chi connectivity index (χ4v) is 3.76. The molecule has 10 heteroatoms. The van der Waals surface area contributed by atoms with Crippen molar-refractivity contribution in [3.63, 3.8) is 0 Å². The molecule has 0 saturated heterocycles. The minimum atomic E-state index is -4.36. The number of nitrogens with one attached hydrogen (secondary N) is 1. The molecule has 0 saturated carbocycles. The molecule has 32 heavy (non-hydrogen) atoms. The summed E-state index contributed by atoms with van der Waals surface area (Å²) < 4.78 is 38.9. The first-order chi connectivity index (χ1) is 14.8. The van der Waals surface area contributed by atoms with Gasteiger partial charge in [-0.25, -0.2) is 11.2 Å². The molecule has 1 aromatic carbocycles. The molecule has 2 aliphatic rings. The molecule has 2 aliphatic heterocycles. The van der Waals surface area contributed by atoms with Crippen molar-refractivity contribution < 1.29 is 47.9 Å². The predicted octanol–water partition coefficient (Wildman–Crippen LogP) is 4.41. The zero-order chi connectivity index (χ0) is 22.2. The van der Waals surface area contributed by atoms with Crippen LogP contribution in [0.3, 0.4) is 0 Å². The molecule has 1 amide bonds. The Kier molecular flexibility index (Phi) is 7.43. The zero-order valence-corrected chi connectivity index (χ0v) is 21.2. The summed E-state index contributed by atoms with van der Waals surface area (Å²) in [5, 5.41) is 0. The summed E-state index contributed by atoms with van der Waals surface area (Å²) in [6.07, 6.45) is 0.317. The van der Waals surface area contributed by atoms with Crippen LogP contribution in [0.1, 0.15) is 47.2 Å². The maximum absolute atomic E-state index is 13.0. The molecule has 1 aromatic heterocycles.